The number of nitrogens with one attached hydrogen (secondary N) is 2. The normalized spacial score (nSPS) is 20.9. The molecule has 2 aromatic carbocycles. The lowest BCUT2D eigenvalue weighted by molar-refractivity contribution is 0.0621. The molecule has 0 bridgehead atoms. The molecule has 2 atom stereocenters. The van der Waals surface area contributed by atoms with Crippen molar-refractivity contribution < 1.29 is 25.9 Å². The maximum atomic E-state index is 10.5. The van der Waals surface area contributed by atoms with Crippen molar-refractivity contribution in [2.75, 3.05) is 19.6 Å². The Labute approximate surface area is 212 Å². The molecule has 9 nitrogen and oxygen atoms in total. The summed E-state index contributed by atoms with van der Waals surface area (Å²) in [5, 5.41) is 7.04. The zero-order valence-electron chi connectivity index (χ0n) is 20.1. The number of nitrogens with zero attached hydrogens (tertiary/aromatic N) is 1. The monoisotopic (exact) mass is 533 g/mol. The molecule has 0 aliphatic carbocycles. The average molecular weight is 534 g/mol. The zero-order chi connectivity index (χ0) is 26.4. The third-order valence-corrected chi connectivity index (χ3v) is 7.98. The summed E-state index contributed by atoms with van der Waals surface area (Å²) in [6.45, 7) is 7.05. The molecule has 5 rings (SSSR count). The molecule has 1 aromatic heterocycles. The van der Waals surface area contributed by atoms with Crippen LogP contribution < -0.4 is 10.6 Å². The first-order valence-corrected chi connectivity index (χ1v) is 14.2. The standard InChI is InChI=1S/C11H15N3.2C7H8O3S/c1-2-9(6-12-4-1)11-8-13-5-3-10(11)7-14-11;2*1-6-2-4-7(5-3-6)11(8,9)10/h1-2,4,6,10,13-14H,3,5,7-8H2;2*2-5H,1H3,(H,8,9,10)/t10-,11+;;/m0../s1. The molecule has 0 saturated carbocycles. The molecule has 0 spiro atoms. The number of aromatic nitrogens is 1. The van der Waals surface area contributed by atoms with E-state index in [2.05, 4.69) is 21.7 Å². The topological polar surface area (TPSA) is 146 Å². The van der Waals surface area contributed by atoms with Gasteiger partial charge in [0.15, 0.2) is 0 Å². The molecule has 36 heavy (non-hydrogen) atoms. The molecule has 3 aromatic rings. The van der Waals surface area contributed by atoms with Crippen LogP contribution in [0.3, 0.4) is 0 Å². The lowest BCUT2D eigenvalue weighted by Crippen LogP contribution is -2.69. The van der Waals surface area contributed by atoms with E-state index in [9.17, 15) is 16.8 Å². The Morgan fingerprint density at radius 3 is 1.75 bits per heavy atom. The largest absolute Gasteiger partial charge is 0.315 e. The molecular weight excluding hydrogens is 502 g/mol. The third-order valence-electron chi connectivity index (χ3n) is 6.25. The van der Waals surface area contributed by atoms with Crippen LogP contribution in [0.2, 0.25) is 0 Å². The third kappa shape index (κ3) is 7.19. The highest BCUT2D eigenvalue weighted by Gasteiger charge is 2.48. The predicted molar refractivity (Wildman–Crippen MR) is 137 cm³/mol. The first kappa shape index (κ1) is 27.9. The fourth-order valence-electron chi connectivity index (χ4n) is 4.10. The van der Waals surface area contributed by atoms with E-state index < -0.39 is 20.2 Å². The first-order valence-electron chi connectivity index (χ1n) is 11.4. The minimum Gasteiger partial charge on any atom is -0.315 e. The van der Waals surface area contributed by atoms with Crippen LogP contribution in [0.4, 0.5) is 0 Å². The molecule has 2 saturated heterocycles. The van der Waals surface area contributed by atoms with Crippen molar-refractivity contribution in [3.63, 3.8) is 0 Å². The summed E-state index contributed by atoms with van der Waals surface area (Å²) in [5.41, 5.74) is 3.44. The lowest BCUT2D eigenvalue weighted by atomic mass is 9.68. The molecule has 0 amide bonds. The van der Waals surface area contributed by atoms with Crippen LogP contribution in [0.5, 0.6) is 0 Å². The van der Waals surface area contributed by atoms with E-state index >= 15 is 0 Å². The molecule has 11 heteroatoms. The van der Waals surface area contributed by atoms with Gasteiger partial charge in [-0.15, -0.1) is 0 Å². The van der Waals surface area contributed by atoms with Gasteiger partial charge in [-0.25, -0.2) is 0 Å². The molecule has 0 unspecified atom stereocenters. The van der Waals surface area contributed by atoms with Crippen LogP contribution in [-0.4, -0.2) is 50.6 Å². The maximum absolute atomic E-state index is 10.5. The van der Waals surface area contributed by atoms with E-state index in [0.29, 0.717) is 0 Å². The maximum Gasteiger partial charge on any atom is 0.294 e. The van der Waals surface area contributed by atoms with E-state index in [0.717, 1.165) is 36.7 Å². The highest BCUT2D eigenvalue weighted by atomic mass is 32.2. The SMILES string of the molecule is Cc1ccc(S(=O)(=O)O)cc1.Cc1ccc(S(=O)(=O)O)cc1.c1cncc([C@]23CNCC[C@H]2CN3)c1. The molecular formula is C25H31N3O6S2. The second-order valence-corrected chi connectivity index (χ2v) is 11.7. The second kappa shape index (κ2) is 11.6. The van der Waals surface area contributed by atoms with E-state index in [4.69, 9.17) is 9.11 Å². The van der Waals surface area contributed by atoms with Crippen LogP contribution in [0, 0.1) is 19.8 Å². The van der Waals surface area contributed by atoms with Gasteiger partial charge >= 0.3 is 0 Å². The van der Waals surface area contributed by atoms with Crippen molar-refractivity contribution in [3.05, 3.63) is 89.7 Å². The van der Waals surface area contributed by atoms with Crippen molar-refractivity contribution in [3.8, 4) is 0 Å². The summed E-state index contributed by atoms with van der Waals surface area (Å²) in [6, 6.07) is 16.2. The van der Waals surface area contributed by atoms with Crippen LogP contribution in [0.25, 0.3) is 0 Å². The Hall–Kier alpha value is -2.67. The summed E-state index contributed by atoms with van der Waals surface area (Å²) < 4.78 is 59.1. The molecule has 0 radical (unpaired) electrons. The smallest absolute Gasteiger partial charge is 0.294 e. The van der Waals surface area contributed by atoms with Gasteiger partial charge in [-0.05, 0) is 68.6 Å². The Balaban J connectivity index is 0.000000153. The van der Waals surface area contributed by atoms with E-state index in [1.54, 1.807) is 24.3 Å². The quantitative estimate of drug-likeness (QED) is 0.373. The predicted octanol–water partition coefficient (Wildman–Crippen LogP) is 2.97. The number of piperidine rings is 1. The van der Waals surface area contributed by atoms with Gasteiger partial charge in [0.05, 0.1) is 15.3 Å². The number of fused-ring (bicyclic) bond motifs is 1. The minimum atomic E-state index is -4.02. The van der Waals surface area contributed by atoms with Crippen molar-refractivity contribution in [1.29, 1.82) is 0 Å². The van der Waals surface area contributed by atoms with Crippen molar-refractivity contribution in [2.24, 2.45) is 5.92 Å². The summed E-state index contributed by atoms with van der Waals surface area (Å²) in [5.74, 6) is 0.799. The van der Waals surface area contributed by atoms with Gasteiger partial charge < -0.3 is 10.6 Å². The number of aryl methyl sites for hydroxylation is 2. The molecule has 194 valence electrons. The first-order chi connectivity index (χ1) is 16.9. The fourth-order valence-corrected chi connectivity index (χ4v) is 5.06. The van der Waals surface area contributed by atoms with Crippen LogP contribution in [0.1, 0.15) is 23.1 Å². The van der Waals surface area contributed by atoms with E-state index in [1.165, 1.54) is 36.2 Å². The van der Waals surface area contributed by atoms with Gasteiger partial charge in [-0.1, -0.05) is 41.5 Å². The summed E-state index contributed by atoms with van der Waals surface area (Å²) in [4.78, 5) is 4.07. The number of rotatable bonds is 3. The van der Waals surface area contributed by atoms with Gasteiger partial charge in [0.25, 0.3) is 20.2 Å². The van der Waals surface area contributed by atoms with Gasteiger partial charge in [-0.3, -0.25) is 14.1 Å². The molecule has 4 N–H and O–H groups in total. The second-order valence-electron chi connectivity index (χ2n) is 8.83. The number of hydrogen-bond acceptors (Lipinski definition) is 7. The Bertz CT molecular complexity index is 1270. The summed E-state index contributed by atoms with van der Waals surface area (Å²) in [7, 11) is -8.04. The van der Waals surface area contributed by atoms with Crippen LogP contribution in [0.15, 0.2) is 82.8 Å². The average Bonchev–Trinajstić information content (AvgIpc) is 2.81. The number of benzene rings is 2. The number of hydrogen-bond donors (Lipinski definition) is 4. The van der Waals surface area contributed by atoms with Gasteiger partial charge in [0.1, 0.15) is 0 Å². The van der Waals surface area contributed by atoms with Crippen molar-refractivity contribution in [2.45, 2.75) is 35.6 Å². The molecule has 2 fully saturated rings. The van der Waals surface area contributed by atoms with Gasteiger partial charge in [-0.2, -0.15) is 16.8 Å². The molecule has 3 heterocycles. The Kier molecular flexibility index (Phi) is 8.98. The lowest BCUT2D eigenvalue weighted by Gasteiger charge is -2.54. The minimum absolute atomic E-state index is 0.0666. The summed E-state index contributed by atoms with van der Waals surface area (Å²) in [6.07, 6.45) is 5.11. The van der Waals surface area contributed by atoms with Crippen molar-refractivity contribution in [1.82, 2.24) is 15.6 Å². The Morgan fingerprint density at radius 1 is 0.861 bits per heavy atom. The fraction of sp³-hybridized carbons (Fsp3) is 0.320. The molecule has 2 aliphatic rings. The van der Waals surface area contributed by atoms with Gasteiger partial charge in [0.2, 0.25) is 0 Å². The van der Waals surface area contributed by atoms with Crippen LogP contribution >= 0.6 is 0 Å². The molecule has 2 aliphatic heterocycles. The van der Waals surface area contributed by atoms with Crippen LogP contribution in [-0.2, 0) is 25.8 Å². The van der Waals surface area contributed by atoms with E-state index in [1.807, 2.05) is 32.3 Å². The summed E-state index contributed by atoms with van der Waals surface area (Å²) >= 11 is 0. The van der Waals surface area contributed by atoms with Crippen molar-refractivity contribution >= 4 is 20.2 Å². The highest BCUT2D eigenvalue weighted by molar-refractivity contribution is 7.86. The zero-order valence-corrected chi connectivity index (χ0v) is 21.8. The van der Waals surface area contributed by atoms with Gasteiger partial charge in [0, 0.05) is 25.5 Å². The highest BCUT2D eigenvalue weighted by Crippen LogP contribution is 2.39. The Morgan fingerprint density at radius 2 is 1.39 bits per heavy atom. The van der Waals surface area contributed by atoms with E-state index in [-0.39, 0.29) is 15.3 Å². The number of pyridine rings is 1.